The molecule has 2 N–H and O–H groups in total. The minimum atomic E-state index is 0. The molecular formula is C4H10NO2Rf-. The SMILES string of the molecule is [CH2-]CONCCO.[Rf]. The summed E-state index contributed by atoms with van der Waals surface area (Å²) in [5, 5.41) is 8.13. The van der Waals surface area contributed by atoms with Crippen molar-refractivity contribution in [2.75, 3.05) is 19.8 Å². The average molecular weight is 371 g/mol. The van der Waals surface area contributed by atoms with E-state index < -0.39 is 0 Å². The van der Waals surface area contributed by atoms with Crippen LogP contribution in [0, 0.1) is 6.92 Å². The summed E-state index contributed by atoms with van der Waals surface area (Å²) in [5.74, 6) is 0. The van der Waals surface area contributed by atoms with Gasteiger partial charge in [-0.15, -0.1) is 0 Å². The predicted molar refractivity (Wildman–Crippen MR) is 26.4 cm³/mol. The summed E-state index contributed by atoms with van der Waals surface area (Å²) in [6.07, 6.45) is 0. The topological polar surface area (TPSA) is 41.5 Å². The molecule has 0 atom stereocenters. The maximum absolute atomic E-state index is 8.13. The van der Waals surface area contributed by atoms with Crippen molar-refractivity contribution in [2.24, 2.45) is 0 Å². The van der Waals surface area contributed by atoms with Crippen molar-refractivity contribution in [2.45, 2.75) is 0 Å². The predicted octanol–water partition coefficient (Wildman–Crippen LogP) is -0.666. The number of hydroxylamine groups is 1. The molecule has 0 saturated carbocycles. The van der Waals surface area contributed by atoms with Crippen molar-refractivity contribution in [3.8, 4) is 0 Å². The summed E-state index contributed by atoms with van der Waals surface area (Å²) in [4.78, 5) is 4.55. The normalized spacial score (nSPS) is 8.25. The van der Waals surface area contributed by atoms with Gasteiger partial charge in [0, 0.05) is 6.54 Å². The molecule has 0 aromatic heterocycles. The fourth-order valence-electron chi connectivity index (χ4n) is 0.190. The molecule has 3 nitrogen and oxygen atoms in total. The van der Waals surface area contributed by atoms with E-state index in [1.807, 2.05) is 0 Å². The Morgan fingerprint density at radius 2 is 2.25 bits per heavy atom. The summed E-state index contributed by atoms with van der Waals surface area (Å²) in [7, 11) is 0. The van der Waals surface area contributed by atoms with E-state index in [9.17, 15) is 0 Å². The van der Waals surface area contributed by atoms with Gasteiger partial charge in [0.15, 0.2) is 0 Å². The van der Waals surface area contributed by atoms with Gasteiger partial charge in [0.2, 0.25) is 0 Å². The number of rotatable bonds is 4. The molecule has 0 fully saturated rings. The first-order valence-corrected chi connectivity index (χ1v) is 2.16. The maximum Gasteiger partial charge on any atom is 0.0579 e. The van der Waals surface area contributed by atoms with Gasteiger partial charge < -0.3 is 16.9 Å². The van der Waals surface area contributed by atoms with E-state index in [1.54, 1.807) is 0 Å². The van der Waals surface area contributed by atoms with Gasteiger partial charge in [-0.1, -0.05) is 6.61 Å². The molecule has 0 aromatic rings. The molecule has 0 saturated heterocycles. The Morgan fingerprint density at radius 3 is 2.62 bits per heavy atom. The summed E-state index contributed by atoms with van der Waals surface area (Å²) < 4.78 is 0. The summed E-state index contributed by atoms with van der Waals surface area (Å²) in [6, 6.07) is 0. The maximum atomic E-state index is 8.13. The second-order valence-corrected chi connectivity index (χ2v) is 0.966. The molecule has 0 aromatic carbocycles. The number of hydrogen-bond acceptors (Lipinski definition) is 3. The van der Waals surface area contributed by atoms with E-state index in [4.69, 9.17) is 5.11 Å². The second kappa shape index (κ2) is 9.30. The molecule has 0 aliphatic rings. The van der Waals surface area contributed by atoms with Gasteiger partial charge >= 0.3 is 0 Å². The van der Waals surface area contributed by atoms with Gasteiger partial charge in [-0.05, 0) is 0 Å². The van der Waals surface area contributed by atoms with E-state index >= 15 is 0 Å². The third-order valence-electron chi connectivity index (χ3n) is 0.418. The monoisotopic (exact) mass is 371 g/mol. The van der Waals surface area contributed by atoms with Crippen LogP contribution >= 0.6 is 0 Å². The van der Waals surface area contributed by atoms with Crippen molar-refractivity contribution < 1.29 is 9.94 Å². The van der Waals surface area contributed by atoms with E-state index in [0.717, 1.165) is 0 Å². The van der Waals surface area contributed by atoms with Crippen molar-refractivity contribution >= 4 is 0 Å². The van der Waals surface area contributed by atoms with Crippen LogP contribution in [0.1, 0.15) is 0 Å². The first kappa shape index (κ1) is 9.99. The Labute approximate surface area is 43.2 Å². The van der Waals surface area contributed by atoms with Gasteiger partial charge in [-0.3, -0.25) is 0 Å². The molecular weight excluding hydrogens is 361 g/mol. The Hall–Kier alpha value is -1.12. The van der Waals surface area contributed by atoms with Crippen LogP contribution in [0.15, 0.2) is 0 Å². The Balaban J connectivity index is 0. The van der Waals surface area contributed by atoms with Crippen LogP contribution in [0.2, 0.25) is 0 Å². The van der Waals surface area contributed by atoms with Gasteiger partial charge in [0.25, 0.3) is 0 Å². The van der Waals surface area contributed by atoms with Crippen LogP contribution in [0.5, 0.6) is 0 Å². The number of nitrogens with one attached hydrogen (secondary N) is 1. The summed E-state index contributed by atoms with van der Waals surface area (Å²) in [6.45, 7) is 4.35. The van der Waals surface area contributed by atoms with Gasteiger partial charge in [-0.2, -0.15) is 0 Å². The molecule has 0 heterocycles. The molecule has 0 aliphatic heterocycles. The van der Waals surface area contributed by atoms with Crippen LogP contribution < -0.4 is 5.48 Å². The Morgan fingerprint density at radius 1 is 1.62 bits per heavy atom. The quantitative estimate of drug-likeness (QED) is 0.392. The van der Waals surface area contributed by atoms with Crippen molar-refractivity contribution in [3.05, 3.63) is 6.92 Å². The van der Waals surface area contributed by atoms with Gasteiger partial charge in [0.05, 0.1) is 6.61 Å². The fourth-order valence-corrected chi connectivity index (χ4v) is 0.190. The smallest absolute Gasteiger partial charge is 0.0579 e. The van der Waals surface area contributed by atoms with Crippen LogP contribution in [0.3, 0.4) is 0 Å². The first-order valence-electron chi connectivity index (χ1n) is 2.16. The van der Waals surface area contributed by atoms with Crippen LogP contribution in [-0.2, 0) is 4.84 Å². The van der Waals surface area contributed by atoms with Crippen molar-refractivity contribution in [1.82, 2.24) is 5.48 Å². The number of aliphatic hydroxyl groups excluding tert-OH is 1. The van der Waals surface area contributed by atoms with Crippen molar-refractivity contribution in [1.29, 1.82) is 0 Å². The molecule has 0 unspecified atom stereocenters. The standard InChI is InChI=1S/C4H10NO2.Rf/c1-2-7-5-3-4-6;/h5-6H,1-4H2;/q-1;. The largest absolute Gasteiger partial charge is 0.395 e. The molecule has 4 heteroatoms. The Kier molecular flexibility index (Phi) is 11.6. The van der Waals surface area contributed by atoms with Crippen LogP contribution in [0.25, 0.3) is 0 Å². The van der Waals surface area contributed by atoms with E-state index in [2.05, 4.69) is 17.2 Å². The molecule has 8 heavy (non-hydrogen) atoms. The molecule has 0 radical (unpaired) electrons. The molecule has 0 aliphatic carbocycles. The zero-order chi connectivity index (χ0) is 5.54. The minimum absolute atomic E-state index is 0. The Bertz CT molecular complexity index is 33.2. The fraction of sp³-hybridized carbons (Fsp3) is 0.750. The molecule has 0 bridgehead atoms. The minimum Gasteiger partial charge on any atom is -0.395 e. The number of aliphatic hydroxyl groups is 1. The second-order valence-electron chi connectivity index (χ2n) is 0.966. The summed E-state index contributed by atoms with van der Waals surface area (Å²) >= 11 is 0. The summed E-state index contributed by atoms with van der Waals surface area (Å²) in [5.41, 5.74) is 2.47. The van der Waals surface area contributed by atoms with Gasteiger partial charge in [-0.25, -0.2) is 5.48 Å². The van der Waals surface area contributed by atoms with Crippen LogP contribution in [-0.4, -0.2) is 24.9 Å². The molecule has 0 amide bonds. The van der Waals surface area contributed by atoms with Crippen molar-refractivity contribution in [3.63, 3.8) is 0 Å². The third kappa shape index (κ3) is 8.86. The molecule has 0 rings (SSSR count). The average Bonchev–Trinajstić information content (AvgIpc) is 1.69. The van der Waals surface area contributed by atoms with E-state index in [0.29, 0.717) is 13.2 Å². The zero-order valence-electron chi connectivity index (χ0n) is 4.89. The third-order valence-corrected chi connectivity index (χ3v) is 0.418. The molecule has 0 spiro atoms. The van der Waals surface area contributed by atoms with Gasteiger partial charge in [0.1, 0.15) is 0 Å². The zero-order valence-corrected chi connectivity index (χ0v) is 11.3. The van der Waals surface area contributed by atoms with E-state index in [1.165, 1.54) is 0 Å². The first-order chi connectivity index (χ1) is 3.41. The van der Waals surface area contributed by atoms with E-state index in [-0.39, 0.29) is 6.61 Å². The van der Waals surface area contributed by atoms with Crippen LogP contribution in [0.4, 0.5) is 0 Å². The molecule has 46 valence electrons. The number of hydrogen-bond donors (Lipinski definition) is 2.